The van der Waals surface area contributed by atoms with Crippen LogP contribution in [0.4, 0.5) is 5.95 Å². The molecule has 1 aliphatic heterocycles. The minimum Gasteiger partial charge on any atom is -0.467 e. The Labute approximate surface area is 134 Å². The fourth-order valence-corrected chi connectivity index (χ4v) is 2.45. The molecule has 1 fully saturated rings. The summed E-state index contributed by atoms with van der Waals surface area (Å²) in [5.74, 6) is 1.58. The maximum absolute atomic E-state index is 11.8. The van der Waals surface area contributed by atoms with Crippen LogP contribution in [0, 0.1) is 6.92 Å². The number of amides is 1. The molecular formula is C16H20N4O3. The van der Waals surface area contributed by atoms with Gasteiger partial charge in [-0.25, -0.2) is 4.98 Å². The third-order valence-electron chi connectivity index (χ3n) is 3.60. The van der Waals surface area contributed by atoms with Gasteiger partial charge in [-0.3, -0.25) is 4.79 Å². The van der Waals surface area contributed by atoms with Crippen molar-refractivity contribution in [1.29, 1.82) is 0 Å². The lowest BCUT2D eigenvalue weighted by Gasteiger charge is -2.16. The number of furan rings is 1. The van der Waals surface area contributed by atoms with E-state index in [1.54, 1.807) is 24.5 Å². The highest BCUT2D eigenvalue weighted by molar-refractivity contribution is 5.77. The predicted molar refractivity (Wildman–Crippen MR) is 84.3 cm³/mol. The van der Waals surface area contributed by atoms with Gasteiger partial charge >= 0.3 is 0 Å². The van der Waals surface area contributed by atoms with Crippen molar-refractivity contribution >= 4 is 11.9 Å². The average molecular weight is 316 g/mol. The van der Waals surface area contributed by atoms with Crippen LogP contribution in [0.2, 0.25) is 0 Å². The molecule has 0 aliphatic carbocycles. The maximum Gasteiger partial charge on any atom is 0.258 e. The fraction of sp³-hybridized carbons (Fsp3) is 0.438. The summed E-state index contributed by atoms with van der Waals surface area (Å²) in [4.78, 5) is 22.8. The molecule has 3 rings (SSSR count). The van der Waals surface area contributed by atoms with E-state index in [9.17, 15) is 4.79 Å². The maximum atomic E-state index is 11.8. The molecule has 0 aromatic carbocycles. The molecule has 2 aromatic rings. The standard InChI is InChI=1S/C16H20N4O3/c1-12-9-15(19-16(18-12)20-6-2-3-7-20)23-11-14(21)17-10-13-5-4-8-22-13/h4-5,8-9H,2-3,6-7,10-11H2,1H3,(H,17,21). The van der Waals surface area contributed by atoms with E-state index in [1.807, 2.05) is 6.92 Å². The van der Waals surface area contributed by atoms with Gasteiger partial charge in [0.1, 0.15) is 5.76 Å². The number of hydrogen-bond acceptors (Lipinski definition) is 6. The summed E-state index contributed by atoms with van der Waals surface area (Å²) in [5, 5.41) is 2.73. The van der Waals surface area contributed by atoms with Crippen LogP contribution in [0.15, 0.2) is 28.9 Å². The number of ether oxygens (including phenoxy) is 1. The Kier molecular flexibility index (Phi) is 4.75. The molecule has 1 saturated heterocycles. The van der Waals surface area contributed by atoms with Crippen molar-refractivity contribution in [3.63, 3.8) is 0 Å². The minimum absolute atomic E-state index is 0.0867. The van der Waals surface area contributed by atoms with Crippen LogP contribution in [-0.4, -0.2) is 35.6 Å². The van der Waals surface area contributed by atoms with Crippen LogP contribution < -0.4 is 15.0 Å². The molecule has 3 heterocycles. The number of anilines is 1. The average Bonchev–Trinajstić information content (AvgIpc) is 3.23. The van der Waals surface area contributed by atoms with Crippen molar-refractivity contribution in [2.75, 3.05) is 24.6 Å². The van der Waals surface area contributed by atoms with E-state index in [1.165, 1.54) is 0 Å². The molecule has 0 unspecified atom stereocenters. The number of carbonyl (C=O) groups is 1. The third-order valence-corrected chi connectivity index (χ3v) is 3.60. The van der Waals surface area contributed by atoms with E-state index in [0.717, 1.165) is 31.6 Å². The summed E-state index contributed by atoms with van der Waals surface area (Å²) >= 11 is 0. The molecule has 0 saturated carbocycles. The predicted octanol–water partition coefficient (Wildman–Crippen LogP) is 1.67. The Morgan fingerprint density at radius 2 is 2.22 bits per heavy atom. The summed E-state index contributed by atoms with van der Waals surface area (Å²) in [6.07, 6.45) is 3.88. The SMILES string of the molecule is Cc1cc(OCC(=O)NCc2ccco2)nc(N2CCCC2)n1. The first-order valence-electron chi connectivity index (χ1n) is 7.73. The first kappa shape index (κ1) is 15.3. The molecule has 0 atom stereocenters. The lowest BCUT2D eigenvalue weighted by molar-refractivity contribution is -0.123. The Hall–Kier alpha value is -2.57. The van der Waals surface area contributed by atoms with E-state index in [2.05, 4.69) is 20.2 Å². The van der Waals surface area contributed by atoms with Gasteiger partial charge in [0.05, 0.1) is 12.8 Å². The van der Waals surface area contributed by atoms with Gasteiger partial charge in [-0.05, 0) is 31.9 Å². The number of nitrogens with zero attached hydrogens (tertiary/aromatic N) is 3. The van der Waals surface area contributed by atoms with E-state index in [-0.39, 0.29) is 12.5 Å². The summed E-state index contributed by atoms with van der Waals surface area (Å²) in [5.41, 5.74) is 0.827. The van der Waals surface area contributed by atoms with Gasteiger partial charge in [0, 0.05) is 24.8 Å². The van der Waals surface area contributed by atoms with Crippen molar-refractivity contribution in [1.82, 2.24) is 15.3 Å². The van der Waals surface area contributed by atoms with E-state index in [0.29, 0.717) is 24.1 Å². The molecule has 23 heavy (non-hydrogen) atoms. The first-order valence-corrected chi connectivity index (χ1v) is 7.73. The number of rotatable bonds is 6. The van der Waals surface area contributed by atoms with Gasteiger partial charge in [0.2, 0.25) is 11.8 Å². The summed E-state index contributed by atoms with van der Waals surface area (Å²) in [7, 11) is 0. The van der Waals surface area contributed by atoms with Crippen molar-refractivity contribution in [3.05, 3.63) is 35.9 Å². The highest BCUT2D eigenvalue weighted by Crippen LogP contribution is 2.19. The second kappa shape index (κ2) is 7.13. The monoisotopic (exact) mass is 316 g/mol. The molecule has 0 bridgehead atoms. The van der Waals surface area contributed by atoms with Crippen LogP contribution in [0.5, 0.6) is 5.88 Å². The quantitative estimate of drug-likeness (QED) is 0.873. The summed E-state index contributed by atoms with van der Waals surface area (Å²) in [6.45, 7) is 4.08. The molecule has 1 aliphatic rings. The van der Waals surface area contributed by atoms with E-state index in [4.69, 9.17) is 9.15 Å². The Bertz CT molecular complexity index is 651. The van der Waals surface area contributed by atoms with Gasteiger partial charge in [0.25, 0.3) is 5.91 Å². The second-order valence-corrected chi connectivity index (χ2v) is 5.49. The topological polar surface area (TPSA) is 80.5 Å². The lowest BCUT2D eigenvalue weighted by atomic mass is 10.4. The van der Waals surface area contributed by atoms with Crippen LogP contribution in [0.1, 0.15) is 24.3 Å². The van der Waals surface area contributed by atoms with Crippen molar-refractivity contribution in [3.8, 4) is 5.88 Å². The molecular weight excluding hydrogens is 296 g/mol. The Morgan fingerprint density at radius 3 is 2.96 bits per heavy atom. The Morgan fingerprint density at radius 1 is 1.39 bits per heavy atom. The molecule has 122 valence electrons. The second-order valence-electron chi connectivity index (χ2n) is 5.49. The smallest absolute Gasteiger partial charge is 0.258 e. The van der Waals surface area contributed by atoms with Crippen LogP contribution in [-0.2, 0) is 11.3 Å². The van der Waals surface area contributed by atoms with Crippen molar-refractivity contribution in [2.24, 2.45) is 0 Å². The van der Waals surface area contributed by atoms with Crippen molar-refractivity contribution < 1.29 is 13.9 Å². The zero-order chi connectivity index (χ0) is 16.1. The lowest BCUT2D eigenvalue weighted by Crippen LogP contribution is -2.28. The minimum atomic E-state index is -0.222. The summed E-state index contributed by atoms with van der Waals surface area (Å²) < 4.78 is 10.7. The van der Waals surface area contributed by atoms with Gasteiger partial charge in [-0.15, -0.1) is 0 Å². The molecule has 0 radical (unpaired) electrons. The number of aromatic nitrogens is 2. The van der Waals surface area contributed by atoms with Crippen LogP contribution in [0.3, 0.4) is 0 Å². The van der Waals surface area contributed by atoms with E-state index >= 15 is 0 Å². The number of carbonyl (C=O) groups excluding carboxylic acids is 1. The molecule has 7 nitrogen and oxygen atoms in total. The molecule has 0 spiro atoms. The van der Waals surface area contributed by atoms with Crippen molar-refractivity contribution in [2.45, 2.75) is 26.3 Å². The molecule has 1 N–H and O–H groups in total. The summed E-state index contributed by atoms with van der Waals surface area (Å²) in [6, 6.07) is 5.32. The highest BCUT2D eigenvalue weighted by Gasteiger charge is 2.16. The van der Waals surface area contributed by atoms with Crippen LogP contribution in [0.25, 0.3) is 0 Å². The molecule has 2 aromatic heterocycles. The van der Waals surface area contributed by atoms with Gasteiger partial charge in [-0.1, -0.05) is 0 Å². The molecule has 1 amide bonds. The first-order chi connectivity index (χ1) is 11.2. The molecule has 7 heteroatoms. The zero-order valence-electron chi connectivity index (χ0n) is 13.1. The zero-order valence-corrected chi connectivity index (χ0v) is 13.1. The highest BCUT2D eigenvalue weighted by atomic mass is 16.5. The number of hydrogen-bond donors (Lipinski definition) is 1. The Balaban J connectivity index is 1.53. The number of nitrogens with one attached hydrogen (secondary N) is 1. The van der Waals surface area contributed by atoms with E-state index < -0.39 is 0 Å². The largest absolute Gasteiger partial charge is 0.467 e. The van der Waals surface area contributed by atoms with Gasteiger partial charge < -0.3 is 19.4 Å². The third kappa shape index (κ3) is 4.21. The number of aryl methyl sites for hydroxylation is 1. The normalized spacial score (nSPS) is 14.0. The fourth-order valence-electron chi connectivity index (χ4n) is 2.45. The van der Waals surface area contributed by atoms with Crippen LogP contribution >= 0.6 is 0 Å². The van der Waals surface area contributed by atoms with Gasteiger partial charge in [-0.2, -0.15) is 4.98 Å². The van der Waals surface area contributed by atoms with Gasteiger partial charge in [0.15, 0.2) is 6.61 Å².